The van der Waals surface area contributed by atoms with Gasteiger partial charge in [-0.15, -0.1) is 10.2 Å². The number of anilines is 2. The Hall–Kier alpha value is -2.62. The number of aromatic nitrogens is 2. The van der Waals surface area contributed by atoms with Gasteiger partial charge in [0.15, 0.2) is 4.34 Å². The van der Waals surface area contributed by atoms with Gasteiger partial charge < -0.3 is 15.0 Å². The first-order chi connectivity index (χ1) is 15.2. The lowest BCUT2D eigenvalue weighted by molar-refractivity contribution is -0.130. The topological polar surface area (TPSA) is 70.6 Å². The number of hydrogen-bond donors (Lipinski definition) is 1. The normalized spacial score (nSPS) is 14.4. The van der Waals surface area contributed by atoms with Gasteiger partial charge in [-0.25, -0.2) is 0 Å². The number of nitrogens with one attached hydrogen (secondary N) is 1. The Morgan fingerprint density at radius 3 is 2.58 bits per heavy atom. The Morgan fingerprint density at radius 1 is 1.06 bits per heavy atom. The Kier molecular flexibility index (Phi) is 7.39. The molecule has 1 saturated heterocycles. The molecule has 1 aliphatic heterocycles. The predicted molar refractivity (Wildman–Crippen MR) is 125 cm³/mol. The maximum atomic E-state index is 12.6. The van der Waals surface area contributed by atoms with Crippen LogP contribution >= 0.6 is 23.1 Å². The van der Waals surface area contributed by atoms with E-state index in [1.807, 2.05) is 35.2 Å². The van der Waals surface area contributed by atoms with E-state index in [0.717, 1.165) is 48.5 Å². The van der Waals surface area contributed by atoms with Crippen LogP contribution in [0.3, 0.4) is 0 Å². The first-order valence-electron chi connectivity index (χ1n) is 10.1. The molecule has 1 aliphatic rings. The predicted octanol–water partition coefficient (Wildman–Crippen LogP) is 3.73. The van der Waals surface area contributed by atoms with Gasteiger partial charge in [0.05, 0.1) is 18.6 Å². The Bertz CT molecular complexity index is 990. The number of methoxy groups -OCH3 is 1. The zero-order valence-electron chi connectivity index (χ0n) is 17.4. The van der Waals surface area contributed by atoms with E-state index in [-0.39, 0.29) is 5.91 Å². The van der Waals surface area contributed by atoms with Crippen LogP contribution < -0.4 is 10.1 Å². The van der Waals surface area contributed by atoms with Crippen molar-refractivity contribution in [2.75, 3.05) is 44.4 Å². The van der Waals surface area contributed by atoms with Gasteiger partial charge in [-0.05, 0) is 17.7 Å². The number of carbonyl (C=O) groups is 1. The second kappa shape index (κ2) is 10.6. The molecule has 1 amide bonds. The first kappa shape index (κ1) is 21.6. The van der Waals surface area contributed by atoms with Gasteiger partial charge in [0.1, 0.15) is 5.75 Å². The summed E-state index contributed by atoms with van der Waals surface area (Å²) in [7, 11) is 1.63. The fourth-order valence-corrected chi connectivity index (χ4v) is 5.06. The summed E-state index contributed by atoms with van der Waals surface area (Å²) in [4.78, 5) is 17.0. The molecule has 162 valence electrons. The molecule has 0 atom stereocenters. The van der Waals surface area contributed by atoms with Crippen LogP contribution in [0.2, 0.25) is 0 Å². The minimum atomic E-state index is 0.152. The maximum Gasteiger partial charge on any atom is 0.233 e. The first-order valence-corrected chi connectivity index (χ1v) is 11.9. The van der Waals surface area contributed by atoms with Crippen molar-refractivity contribution in [3.63, 3.8) is 0 Å². The Morgan fingerprint density at radius 2 is 1.81 bits per heavy atom. The standard InChI is InChI=1S/C22H25N5O2S2/c1-29-19-10-6-5-9-18(19)23-21-24-25-22(31-21)30-16-20(28)27-13-11-26(12-14-27)15-17-7-3-2-4-8-17/h2-10H,11-16H2,1H3,(H,23,24). The molecular weight excluding hydrogens is 430 g/mol. The molecule has 0 aliphatic carbocycles. The van der Waals surface area contributed by atoms with E-state index in [1.54, 1.807) is 7.11 Å². The fraction of sp³-hybridized carbons (Fsp3) is 0.318. The summed E-state index contributed by atoms with van der Waals surface area (Å²) in [5.74, 6) is 1.27. The summed E-state index contributed by atoms with van der Waals surface area (Å²) < 4.78 is 6.12. The average molecular weight is 456 g/mol. The van der Waals surface area contributed by atoms with Crippen LogP contribution in [0.25, 0.3) is 0 Å². The molecule has 1 N–H and O–H groups in total. The number of piperazine rings is 1. The second-order valence-electron chi connectivity index (χ2n) is 7.13. The van der Waals surface area contributed by atoms with Crippen molar-refractivity contribution in [1.82, 2.24) is 20.0 Å². The van der Waals surface area contributed by atoms with E-state index in [2.05, 4.69) is 44.7 Å². The van der Waals surface area contributed by atoms with Gasteiger partial charge in [-0.2, -0.15) is 0 Å². The van der Waals surface area contributed by atoms with Crippen LogP contribution in [0.15, 0.2) is 58.9 Å². The van der Waals surface area contributed by atoms with Crippen LogP contribution in [-0.4, -0.2) is 64.9 Å². The number of benzene rings is 2. The molecule has 4 rings (SSSR count). The zero-order valence-corrected chi connectivity index (χ0v) is 19.0. The molecule has 0 bridgehead atoms. The number of para-hydroxylation sites is 2. The van der Waals surface area contributed by atoms with Crippen molar-refractivity contribution in [3.8, 4) is 5.75 Å². The third-order valence-corrected chi connectivity index (χ3v) is 7.00. The average Bonchev–Trinajstić information content (AvgIpc) is 3.26. The highest BCUT2D eigenvalue weighted by Gasteiger charge is 2.21. The summed E-state index contributed by atoms with van der Waals surface area (Å²) in [6.45, 7) is 4.27. The monoisotopic (exact) mass is 455 g/mol. The zero-order chi connectivity index (χ0) is 21.5. The smallest absolute Gasteiger partial charge is 0.233 e. The van der Waals surface area contributed by atoms with Crippen molar-refractivity contribution in [2.24, 2.45) is 0 Å². The largest absolute Gasteiger partial charge is 0.495 e. The van der Waals surface area contributed by atoms with Gasteiger partial charge in [0, 0.05) is 32.7 Å². The van der Waals surface area contributed by atoms with Crippen molar-refractivity contribution in [3.05, 3.63) is 60.2 Å². The number of ether oxygens (including phenoxy) is 1. The molecule has 7 nitrogen and oxygen atoms in total. The lowest BCUT2D eigenvalue weighted by Crippen LogP contribution is -2.48. The summed E-state index contributed by atoms with van der Waals surface area (Å²) in [6.07, 6.45) is 0. The van der Waals surface area contributed by atoms with Crippen molar-refractivity contribution < 1.29 is 9.53 Å². The molecular formula is C22H25N5O2S2. The molecule has 31 heavy (non-hydrogen) atoms. The van der Waals surface area contributed by atoms with Crippen molar-refractivity contribution in [1.29, 1.82) is 0 Å². The number of hydrogen-bond acceptors (Lipinski definition) is 8. The van der Waals surface area contributed by atoms with Crippen LogP contribution in [0.1, 0.15) is 5.56 Å². The number of nitrogens with zero attached hydrogens (tertiary/aromatic N) is 4. The van der Waals surface area contributed by atoms with Gasteiger partial charge in [-0.1, -0.05) is 65.6 Å². The molecule has 0 unspecified atom stereocenters. The molecule has 0 saturated carbocycles. The summed E-state index contributed by atoms with van der Waals surface area (Å²) in [5.41, 5.74) is 2.15. The van der Waals surface area contributed by atoms with Crippen LogP contribution in [0.4, 0.5) is 10.8 Å². The van der Waals surface area contributed by atoms with Crippen molar-refractivity contribution >= 4 is 39.8 Å². The number of carbonyl (C=O) groups excluding carboxylic acids is 1. The molecule has 3 aromatic rings. The highest BCUT2D eigenvalue weighted by molar-refractivity contribution is 8.01. The Balaban J connectivity index is 1.22. The minimum absolute atomic E-state index is 0.152. The Labute approximate surface area is 190 Å². The fourth-order valence-electron chi connectivity index (χ4n) is 3.39. The van der Waals surface area contributed by atoms with Gasteiger partial charge in [0.25, 0.3) is 0 Å². The van der Waals surface area contributed by atoms with Gasteiger partial charge in [-0.3, -0.25) is 9.69 Å². The SMILES string of the molecule is COc1ccccc1Nc1nnc(SCC(=O)N2CCN(Cc3ccccc3)CC2)s1. The van der Waals surface area contributed by atoms with Crippen molar-refractivity contribution in [2.45, 2.75) is 10.9 Å². The van der Waals surface area contributed by atoms with Gasteiger partial charge in [0.2, 0.25) is 11.0 Å². The third-order valence-electron chi connectivity index (χ3n) is 5.05. The van der Waals surface area contributed by atoms with E-state index in [1.165, 1.54) is 28.7 Å². The van der Waals surface area contributed by atoms with E-state index in [9.17, 15) is 4.79 Å². The lowest BCUT2D eigenvalue weighted by atomic mass is 10.2. The maximum absolute atomic E-state index is 12.6. The number of amides is 1. The molecule has 1 aromatic heterocycles. The molecule has 0 spiro atoms. The number of thioether (sulfide) groups is 1. The van der Waals surface area contributed by atoms with E-state index in [4.69, 9.17) is 4.74 Å². The summed E-state index contributed by atoms with van der Waals surface area (Å²) in [5, 5.41) is 12.3. The van der Waals surface area contributed by atoms with E-state index < -0.39 is 0 Å². The minimum Gasteiger partial charge on any atom is -0.495 e. The number of rotatable bonds is 8. The molecule has 1 fully saturated rings. The second-order valence-corrected chi connectivity index (χ2v) is 9.33. The van der Waals surface area contributed by atoms with E-state index >= 15 is 0 Å². The third kappa shape index (κ3) is 5.96. The van der Waals surface area contributed by atoms with Crippen LogP contribution in [0, 0.1) is 0 Å². The molecule has 9 heteroatoms. The molecule has 2 heterocycles. The van der Waals surface area contributed by atoms with Gasteiger partial charge >= 0.3 is 0 Å². The van der Waals surface area contributed by atoms with Crippen LogP contribution in [0.5, 0.6) is 5.75 Å². The highest BCUT2D eigenvalue weighted by Crippen LogP contribution is 2.31. The van der Waals surface area contributed by atoms with Crippen LogP contribution in [-0.2, 0) is 11.3 Å². The van der Waals surface area contributed by atoms with E-state index in [0.29, 0.717) is 10.9 Å². The quantitative estimate of drug-likeness (QED) is 0.519. The molecule has 0 radical (unpaired) electrons. The lowest BCUT2D eigenvalue weighted by Gasteiger charge is -2.34. The summed E-state index contributed by atoms with van der Waals surface area (Å²) in [6, 6.07) is 18.1. The summed E-state index contributed by atoms with van der Waals surface area (Å²) >= 11 is 2.87. The highest BCUT2D eigenvalue weighted by atomic mass is 32.2. The molecule has 2 aromatic carbocycles.